The molecule has 1 unspecified atom stereocenters. The van der Waals surface area contributed by atoms with Gasteiger partial charge < -0.3 is 20.1 Å². The Morgan fingerprint density at radius 2 is 2.00 bits per heavy atom. The lowest BCUT2D eigenvalue weighted by Crippen LogP contribution is -2.39. The van der Waals surface area contributed by atoms with E-state index in [0.29, 0.717) is 48.2 Å². The zero-order valence-electron chi connectivity index (χ0n) is 20.4. The summed E-state index contributed by atoms with van der Waals surface area (Å²) in [7, 11) is 1.52. The number of aromatic nitrogens is 4. The van der Waals surface area contributed by atoms with Crippen LogP contribution in [0.15, 0.2) is 42.6 Å². The van der Waals surface area contributed by atoms with Crippen molar-refractivity contribution in [3.05, 3.63) is 59.8 Å². The highest BCUT2D eigenvalue weighted by atomic mass is 19.1. The van der Waals surface area contributed by atoms with Crippen LogP contribution in [-0.2, 0) is 11.3 Å². The van der Waals surface area contributed by atoms with Crippen LogP contribution >= 0.6 is 0 Å². The molecule has 2 N–H and O–H groups in total. The van der Waals surface area contributed by atoms with Crippen LogP contribution in [0.3, 0.4) is 0 Å². The number of hydrogen-bond donors (Lipinski definition) is 2. The largest absolute Gasteiger partial charge is 0.494 e. The van der Waals surface area contributed by atoms with Crippen molar-refractivity contribution < 1.29 is 23.0 Å². The Labute approximate surface area is 211 Å². The Morgan fingerprint density at radius 3 is 2.73 bits per heavy atom. The molecule has 2 aromatic carbocycles. The van der Waals surface area contributed by atoms with Gasteiger partial charge in [0.05, 0.1) is 32.0 Å². The third-order valence-corrected chi connectivity index (χ3v) is 6.17. The SMILES string of the molecule is CCOc1cc(F)c(Cn2nc(-c3ncc(OC)c(NC4CCNC(=O)C4)n3)c3ccccc32)c(F)c1. The van der Waals surface area contributed by atoms with Gasteiger partial charge >= 0.3 is 0 Å². The number of benzene rings is 2. The van der Waals surface area contributed by atoms with Crippen LogP contribution in [0.5, 0.6) is 11.5 Å². The molecule has 1 aliphatic rings. The van der Waals surface area contributed by atoms with Crippen LogP contribution in [-0.4, -0.2) is 52.0 Å². The van der Waals surface area contributed by atoms with E-state index in [4.69, 9.17) is 9.47 Å². The van der Waals surface area contributed by atoms with E-state index in [1.165, 1.54) is 30.1 Å². The summed E-state index contributed by atoms with van der Waals surface area (Å²) in [6.45, 7) is 2.49. The molecule has 1 saturated heterocycles. The summed E-state index contributed by atoms with van der Waals surface area (Å²) >= 11 is 0. The first-order valence-electron chi connectivity index (χ1n) is 12.0. The number of para-hydroxylation sites is 1. The minimum atomic E-state index is -0.715. The number of rotatable bonds is 8. The monoisotopic (exact) mass is 508 g/mol. The molecule has 37 heavy (non-hydrogen) atoms. The molecule has 1 aliphatic heterocycles. The van der Waals surface area contributed by atoms with Gasteiger partial charge in [-0.15, -0.1) is 0 Å². The van der Waals surface area contributed by atoms with Crippen molar-refractivity contribution in [1.82, 2.24) is 25.1 Å². The predicted molar refractivity (Wildman–Crippen MR) is 134 cm³/mol. The van der Waals surface area contributed by atoms with Crippen molar-refractivity contribution >= 4 is 22.6 Å². The molecule has 3 heterocycles. The molecule has 5 rings (SSSR count). The maximum absolute atomic E-state index is 14.8. The molecule has 0 saturated carbocycles. The highest BCUT2D eigenvalue weighted by molar-refractivity contribution is 5.92. The van der Waals surface area contributed by atoms with E-state index in [1.807, 2.05) is 24.3 Å². The number of nitrogens with one attached hydrogen (secondary N) is 2. The van der Waals surface area contributed by atoms with Crippen molar-refractivity contribution in [2.75, 3.05) is 25.6 Å². The van der Waals surface area contributed by atoms with E-state index in [0.717, 1.165) is 11.8 Å². The fourth-order valence-corrected chi connectivity index (χ4v) is 4.38. The Balaban J connectivity index is 1.52. The minimum Gasteiger partial charge on any atom is -0.494 e. The summed E-state index contributed by atoms with van der Waals surface area (Å²) in [6, 6.07) is 9.58. The molecule has 192 valence electrons. The number of carbonyl (C=O) groups excluding carboxylic acids is 1. The molecular weight excluding hydrogens is 482 g/mol. The molecule has 0 spiro atoms. The first-order chi connectivity index (χ1) is 18.0. The lowest BCUT2D eigenvalue weighted by Gasteiger charge is -2.24. The number of carbonyl (C=O) groups is 1. The summed E-state index contributed by atoms with van der Waals surface area (Å²) in [5.74, 6) is -0.149. The number of halogens is 2. The second-order valence-corrected chi connectivity index (χ2v) is 8.62. The number of methoxy groups -OCH3 is 1. The normalized spacial score (nSPS) is 15.5. The molecule has 2 aromatic heterocycles. The maximum Gasteiger partial charge on any atom is 0.222 e. The number of nitrogens with zero attached hydrogens (tertiary/aromatic N) is 4. The van der Waals surface area contributed by atoms with Gasteiger partial charge in [-0.2, -0.15) is 5.10 Å². The molecule has 0 bridgehead atoms. The summed E-state index contributed by atoms with van der Waals surface area (Å²) in [6.07, 6.45) is 2.59. The molecule has 9 nitrogen and oxygen atoms in total. The smallest absolute Gasteiger partial charge is 0.222 e. The molecule has 4 aromatic rings. The quantitative estimate of drug-likeness (QED) is 0.372. The maximum atomic E-state index is 14.8. The third-order valence-electron chi connectivity index (χ3n) is 6.17. The number of piperidine rings is 1. The van der Waals surface area contributed by atoms with Crippen molar-refractivity contribution in [2.45, 2.75) is 32.4 Å². The van der Waals surface area contributed by atoms with Gasteiger partial charge in [0.2, 0.25) is 5.91 Å². The zero-order valence-corrected chi connectivity index (χ0v) is 20.4. The van der Waals surface area contributed by atoms with Gasteiger partial charge in [0.15, 0.2) is 17.4 Å². The number of amides is 1. The van der Waals surface area contributed by atoms with Gasteiger partial charge in [0, 0.05) is 42.1 Å². The van der Waals surface area contributed by atoms with Crippen LogP contribution in [0.1, 0.15) is 25.3 Å². The second-order valence-electron chi connectivity index (χ2n) is 8.62. The first kappa shape index (κ1) is 24.4. The van der Waals surface area contributed by atoms with Crippen LogP contribution in [0.4, 0.5) is 14.6 Å². The lowest BCUT2D eigenvalue weighted by molar-refractivity contribution is -0.122. The van der Waals surface area contributed by atoms with E-state index >= 15 is 0 Å². The Kier molecular flexibility index (Phi) is 6.85. The Bertz CT molecular complexity index is 1430. The van der Waals surface area contributed by atoms with Gasteiger partial charge in [0.25, 0.3) is 0 Å². The van der Waals surface area contributed by atoms with Crippen molar-refractivity contribution in [2.24, 2.45) is 0 Å². The average molecular weight is 509 g/mol. The van der Waals surface area contributed by atoms with E-state index in [1.54, 1.807) is 6.92 Å². The van der Waals surface area contributed by atoms with E-state index in [2.05, 4.69) is 25.7 Å². The molecular formula is C26H26F2N6O3. The molecule has 0 aliphatic carbocycles. The Morgan fingerprint density at radius 1 is 1.22 bits per heavy atom. The van der Waals surface area contributed by atoms with Gasteiger partial charge in [0.1, 0.15) is 23.1 Å². The van der Waals surface area contributed by atoms with Crippen LogP contribution in [0, 0.1) is 11.6 Å². The topological polar surface area (TPSA) is 103 Å². The molecule has 11 heteroatoms. The Hall–Kier alpha value is -4.28. The average Bonchev–Trinajstić information content (AvgIpc) is 3.25. The fourth-order valence-electron chi connectivity index (χ4n) is 4.38. The number of ether oxygens (including phenoxy) is 2. The van der Waals surface area contributed by atoms with Gasteiger partial charge in [-0.25, -0.2) is 18.7 Å². The summed E-state index contributed by atoms with van der Waals surface area (Å²) in [5, 5.41) is 11.5. The van der Waals surface area contributed by atoms with Crippen LogP contribution < -0.4 is 20.1 Å². The number of fused-ring (bicyclic) bond motifs is 1. The lowest BCUT2D eigenvalue weighted by atomic mass is 10.1. The second kappa shape index (κ2) is 10.4. The molecule has 1 fully saturated rings. The van der Waals surface area contributed by atoms with Gasteiger partial charge in [-0.3, -0.25) is 9.48 Å². The first-order valence-corrected chi connectivity index (χ1v) is 12.0. The van der Waals surface area contributed by atoms with Crippen molar-refractivity contribution in [3.8, 4) is 23.0 Å². The predicted octanol–water partition coefficient (Wildman–Crippen LogP) is 3.92. The molecule has 0 radical (unpaired) electrons. The fraction of sp³-hybridized carbons (Fsp3) is 0.308. The van der Waals surface area contributed by atoms with Crippen LogP contribution in [0.25, 0.3) is 22.4 Å². The van der Waals surface area contributed by atoms with E-state index < -0.39 is 11.6 Å². The van der Waals surface area contributed by atoms with Gasteiger partial charge in [-0.1, -0.05) is 18.2 Å². The van der Waals surface area contributed by atoms with Gasteiger partial charge in [-0.05, 0) is 19.4 Å². The molecule has 1 atom stereocenters. The minimum absolute atomic E-state index is 0.0320. The number of anilines is 1. The zero-order chi connectivity index (χ0) is 25.9. The summed E-state index contributed by atoms with van der Waals surface area (Å²) < 4.78 is 41.8. The van der Waals surface area contributed by atoms with Crippen molar-refractivity contribution in [1.29, 1.82) is 0 Å². The van der Waals surface area contributed by atoms with E-state index in [-0.39, 0.29) is 29.8 Å². The standard InChI is InChI=1S/C26H26F2N6O3/c1-3-37-16-11-19(27)18(20(28)12-16)14-34-21-7-5-4-6-17(21)24(33-34)26-30-13-22(36-2)25(32-26)31-15-8-9-29-23(35)10-15/h4-7,11-13,15H,3,8-10,14H2,1-2H3,(H,29,35)(H,30,31,32). The van der Waals surface area contributed by atoms with Crippen molar-refractivity contribution in [3.63, 3.8) is 0 Å². The van der Waals surface area contributed by atoms with E-state index in [9.17, 15) is 13.6 Å². The summed E-state index contributed by atoms with van der Waals surface area (Å²) in [4.78, 5) is 20.9. The highest BCUT2D eigenvalue weighted by Crippen LogP contribution is 2.31. The summed E-state index contributed by atoms with van der Waals surface area (Å²) in [5.41, 5.74) is 0.995. The molecule has 1 amide bonds. The van der Waals surface area contributed by atoms with Crippen LogP contribution in [0.2, 0.25) is 0 Å². The highest BCUT2D eigenvalue weighted by Gasteiger charge is 2.23. The number of hydrogen-bond acceptors (Lipinski definition) is 7. The third kappa shape index (κ3) is 5.02.